The zero-order valence-corrected chi connectivity index (χ0v) is 12.3. The van der Waals surface area contributed by atoms with Gasteiger partial charge in [-0.1, -0.05) is 6.07 Å². The van der Waals surface area contributed by atoms with Crippen molar-refractivity contribution in [3.8, 4) is 0 Å². The van der Waals surface area contributed by atoms with Gasteiger partial charge in [0, 0.05) is 6.20 Å². The molecule has 0 aliphatic heterocycles. The molecule has 2 aromatic heterocycles. The monoisotopic (exact) mass is 310 g/mol. The molecule has 0 unspecified atom stereocenters. The summed E-state index contributed by atoms with van der Waals surface area (Å²) in [4.78, 5) is 15.6. The van der Waals surface area contributed by atoms with Crippen LogP contribution in [0.2, 0.25) is 0 Å². The van der Waals surface area contributed by atoms with Crippen LogP contribution in [0, 0.1) is 6.92 Å². The van der Waals surface area contributed by atoms with Crippen LogP contribution in [-0.2, 0) is 14.8 Å². The summed E-state index contributed by atoms with van der Waals surface area (Å²) in [5.41, 5.74) is 0.739. The number of carbonyl (C=O) groups is 1. The number of esters is 1. The number of hydrogen-bond donors (Lipinski definition) is 2. The van der Waals surface area contributed by atoms with Crippen molar-refractivity contribution < 1.29 is 17.9 Å². The van der Waals surface area contributed by atoms with Gasteiger partial charge in [-0.05, 0) is 25.5 Å². The minimum absolute atomic E-state index is 0.135. The quantitative estimate of drug-likeness (QED) is 0.799. The lowest BCUT2D eigenvalue weighted by atomic mass is 10.3. The number of carbonyl (C=O) groups excluding carboxylic acids is 1. The molecular formula is C12H14N4O4S. The highest BCUT2D eigenvalue weighted by Gasteiger charge is 2.26. The van der Waals surface area contributed by atoms with Gasteiger partial charge in [-0.3, -0.25) is 9.82 Å². The van der Waals surface area contributed by atoms with E-state index < -0.39 is 16.0 Å². The van der Waals surface area contributed by atoms with Crippen molar-refractivity contribution in [2.75, 3.05) is 11.3 Å². The molecule has 0 spiro atoms. The van der Waals surface area contributed by atoms with Gasteiger partial charge < -0.3 is 4.74 Å². The summed E-state index contributed by atoms with van der Waals surface area (Å²) < 4.78 is 31.5. The van der Waals surface area contributed by atoms with Crippen molar-refractivity contribution in [1.29, 1.82) is 0 Å². The molecule has 9 heteroatoms. The van der Waals surface area contributed by atoms with Crippen LogP contribution in [0.25, 0.3) is 0 Å². The van der Waals surface area contributed by atoms with E-state index in [0.717, 1.165) is 11.8 Å². The third kappa shape index (κ3) is 3.37. The Balaban J connectivity index is 2.30. The van der Waals surface area contributed by atoms with Crippen molar-refractivity contribution in [3.63, 3.8) is 0 Å². The van der Waals surface area contributed by atoms with Crippen LogP contribution in [0.1, 0.15) is 22.8 Å². The molecule has 0 saturated heterocycles. The SMILES string of the molecule is CCOC(=O)c1cn[nH]c1S(=O)(=O)Nc1ccc(C)cn1. The van der Waals surface area contributed by atoms with Gasteiger partial charge in [-0.15, -0.1) is 0 Å². The maximum atomic E-state index is 12.2. The van der Waals surface area contributed by atoms with Gasteiger partial charge in [-0.25, -0.2) is 9.78 Å². The van der Waals surface area contributed by atoms with E-state index in [1.54, 1.807) is 13.0 Å². The Morgan fingerprint density at radius 3 is 2.76 bits per heavy atom. The van der Waals surface area contributed by atoms with Crippen LogP contribution in [0.3, 0.4) is 0 Å². The molecule has 112 valence electrons. The third-order valence-corrected chi connectivity index (χ3v) is 3.85. The Kier molecular flexibility index (Phi) is 4.22. The first kappa shape index (κ1) is 15.0. The number of hydrogen-bond acceptors (Lipinski definition) is 6. The maximum absolute atomic E-state index is 12.2. The minimum atomic E-state index is -4.01. The average Bonchev–Trinajstić information content (AvgIpc) is 2.92. The van der Waals surface area contributed by atoms with E-state index in [2.05, 4.69) is 19.9 Å². The number of anilines is 1. The first-order chi connectivity index (χ1) is 9.94. The fourth-order valence-corrected chi connectivity index (χ4v) is 2.65. The van der Waals surface area contributed by atoms with E-state index in [4.69, 9.17) is 4.74 Å². The van der Waals surface area contributed by atoms with Crippen LogP contribution < -0.4 is 4.72 Å². The van der Waals surface area contributed by atoms with Crippen LogP contribution in [0.5, 0.6) is 0 Å². The van der Waals surface area contributed by atoms with Gasteiger partial charge in [0.2, 0.25) is 0 Å². The molecule has 2 N–H and O–H groups in total. The molecule has 8 nitrogen and oxygen atoms in total. The number of rotatable bonds is 5. The lowest BCUT2D eigenvalue weighted by Gasteiger charge is -2.07. The number of nitrogens with one attached hydrogen (secondary N) is 2. The van der Waals surface area contributed by atoms with Gasteiger partial charge >= 0.3 is 5.97 Å². The highest BCUT2D eigenvalue weighted by Crippen LogP contribution is 2.17. The molecule has 2 rings (SSSR count). The predicted molar refractivity (Wildman–Crippen MR) is 74.3 cm³/mol. The summed E-state index contributed by atoms with van der Waals surface area (Å²) in [6.45, 7) is 3.59. The molecule has 0 aliphatic rings. The zero-order chi connectivity index (χ0) is 15.5. The number of aromatic amines is 1. The van der Waals surface area contributed by atoms with Crippen molar-refractivity contribution in [2.45, 2.75) is 18.9 Å². The van der Waals surface area contributed by atoms with Gasteiger partial charge in [0.25, 0.3) is 10.0 Å². The highest BCUT2D eigenvalue weighted by atomic mass is 32.2. The second-order valence-electron chi connectivity index (χ2n) is 4.16. The summed E-state index contributed by atoms with van der Waals surface area (Å²) in [5.74, 6) is -0.617. The summed E-state index contributed by atoms with van der Waals surface area (Å²) in [6, 6.07) is 3.23. The minimum Gasteiger partial charge on any atom is -0.462 e. The normalized spacial score (nSPS) is 11.1. The first-order valence-corrected chi connectivity index (χ1v) is 7.58. The van der Waals surface area contributed by atoms with Gasteiger partial charge in [-0.2, -0.15) is 13.5 Å². The topological polar surface area (TPSA) is 114 Å². The number of ether oxygens (including phenoxy) is 1. The van der Waals surface area contributed by atoms with Gasteiger partial charge in [0.15, 0.2) is 5.03 Å². The highest BCUT2D eigenvalue weighted by molar-refractivity contribution is 7.92. The van der Waals surface area contributed by atoms with E-state index >= 15 is 0 Å². The molecule has 21 heavy (non-hydrogen) atoms. The Bertz CT molecular complexity index is 737. The van der Waals surface area contributed by atoms with E-state index in [0.29, 0.717) is 0 Å². The largest absolute Gasteiger partial charge is 0.462 e. The Hall–Kier alpha value is -2.42. The van der Waals surface area contributed by atoms with Crippen molar-refractivity contribution in [1.82, 2.24) is 15.2 Å². The van der Waals surface area contributed by atoms with Crippen molar-refractivity contribution >= 4 is 21.8 Å². The standard InChI is InChI=1S/C12H14N4O4S/c1-3-20-12(17)9-7-14-15-11(9)21(18,19)16-10-5-4-8(2)6-13-10/h4-7H,3H2,1-2H3,(H,13,16)(H,14,15). The molecule has 0 amide bonds. The van der Waals surface area contributed by atoms with Crippen molar-refractivity contribution in [3.05, 3.63) is 35.7 Å². The number of H-pyrrole nitrogens is 1. The van der Waals surface area contributed by atoms with E-state index in [1.165, 1.54) is 12.3 Å². The molecule has 0 aliphatic carbocycles. The average molecular weight is 310 g/mol. The molecule has 0 aromatic carbocycles. The molecule has 0 saturated carbocycles. The van der Waals surface area contributed by atoms with Crippen molar-refractivity contribution in [2.24, 2.45) is 0 Å². The number of nitrogens with zero attached hydrogens (tertiary/aromatic N) is 2. The smallest absolute Gasteiger partial charge is 0.342 e. The zero-order valence-electron chi connectivity index (χ0n) is 11.5. The molecule has 2 heterocycles. The number of sulfonamides is 1. The second kappa shape index (κ2) is 5.92. The molecular weight excluding hydrogens is 296 g/mol. The van der Waals surface area contributed by atoms with Crippen LogP contribution in [0.4, 0.5) is 5.82 Å². The van der Waals surface area contributed by atoms with Gasteiger partial charge in [0.05, 0.1) is 12.8 Å². The summed E-state index contributed by atoms with van der Waals surface area (Å²) in [6.07, 6.45) is 2.63. The molecule has 0 atom stereocenters. The van der Waals surface area contributed by atoms with Crippen LogP contribution in [-0.4, -0.2) is 36.2 Å². The molecule has 0 fully saturated rings. The molecule has 2 aromatic rings. The summed E-state index contributed by atoms with van der Waals surface area (Å²) in [5, 5.41) is 5.51. The molecule has 0 bridgehead atoms. The van der Waals surface area contributed by atoms with Gasteiger partial charge in [0.1, 0.15) is 11.4 Å². The second-order valence-corrected chi connectivity index (χ2v) is 5.78. The third-order valence-electron chi connectivity index (χ3n) is 2.52. The fourth-order valence-electron chi connectivity index (χ4n) is 1.55. The van der Waals surface area contributed by atoms with Crippen LogP contribution in [0.15, 0.2) is 29.6 Å². The van der Waals surface area contributed by atoms with E-state index in [9.17, 15) is 13.2 Å². The summed E-state index contributed by atoms with van der Waals surface area (Å²) in [7, 11) is -4.01. The number of aryl methyl sites for hydroxylation is 1. The fraction of sp³-hybridized carbons (Fsp3) is 0.250. The number of pyridine rings is 1. The summed E-state index contributed by atoms with van der Waals surface area (Å²) >= 11 is 0. The van der Waals surface area contributed by atoms with Crippen LogP contribution >= 0.6 is 0 Å². The maximum Gasteiger partial charge on any atom is 0.342 e. The Morgan fingerprint density at radius 2 is 2.14 bits per heavy atom. The lowest BCUT2D eigenvalue weighted by molar-refractivity contribution is 0.0522. The predicted octanol–water partition coefficient (Wildman–Crippen LogP) is 1.09. The molecule has 0 radical (unpaired) electrons. The lowest BCUT2D eigenvalue weighted by Crippen LogP contribution is -2.18. The first-order valence-electron chi connectivity index (χ1n) is 6.10. The van der Waals surface area contributed by atoms with E-state index in [-0.39, 0.29) is 23.0 Å². The van der Waals surface area contributed by atoms with E-state index in [1.807, 2.05) is 6.92 Å². The number of aromatic nitrogens is 3. The Labute approximate surface area is 121 Å². The Morgan fingerprint density at radius 1 is 1.38 bits per heavy atom.